The lowest BCUT2D eigenvalue weighted by molar-refractivity contribution is -0.0432. The van der Waals surface area contributed by atoms with E-state index < -0.39 is 5.60 Å². The van der Waals surface area contributed by atoms with Crippen molar-refractivity contribution in [3.63, 3.8) is 0 Å². The van der Waals surface area contributed by atoms with Gasteiger partial charge in [-0.2, -0.15) is 0 Å². The van der Waals surface area contributed by atoms with Crippen molar-refractivity contribution < 1.29 is 5.11 Å². The molecule has 1 aromatic rings. The largest absolute Gasteiger partial charge is 0.377 e. The maximum atomic E-state index is 11.6. The molecule has 0 atom stereocenters. The Balaban J connectivity index is 1.68. The summed E-state index contributed by atoms with van der Waals surface area (Å²) >= 11 is 0. The molecule has 1 N–H and O–H groups in total. The molecule has 1 nitrogen and oxygen atoms in total. The van der Waals surface area contributed by atoms with Gasteiger partial charge in [0.2, 0.25) is 0 Å². The zero-order chi connectivity index (χ0) is 16.7. The van der Waals surface area contributed by atoms with Crippen LogP contribution >= 0.6 is 0 Å². The van der Waals surface area contributed by atoms with Crippen LogP contribution in [0.25, 0.3) is 0 Å². The Hall–Kier alpha value is -1.26. The van der Waals surface area contributed by atoms with Crippen molar-refractivity contribution in [1.29, 1.82) is 0 Å². The van der Waals surface area contributed by atoms with Crippen molar-refractivity contribution in [3.8, 4) is 11.8 Å². The quantitative estimate of drug-likeness (QED) is 0.724. The van der Waals surface area contributed by atoms with Gasteiger partial charge in [0.05, 0.1) is 0 Å². The van der Waals surface area contributed by atoms with Crippen LogP contribution in [0.3, 0.4) is 0 Å². The lowest BCUT2D eigenvalue weighted by Crippen LogP contribution is -2.45. The van der Waals surface area contributed by atoms with E-state index in [1.165, 1.54) is 69.8 Å². The second kappa shape index (κ2) is 8.72. The van der Waals surface area contributed by atoms with Crippen LogP contribution in [-0.2, 0) is 6.42 Å². The van der Waals surface area contributed by atoms with E-state index in [0.717, 1.165) is 12.8 Å². The fourth-order valence-corrected chi connectivity index (χ4v) is 4.68. The highest BCUT2D eigenvalue weighted by Crippen LogP contribution is 2.42. The molecule has 0 amide bonds. The van der Waals surface area contributed by atoms with Crippen LogP contribution in [0.2, 0.25) is 0 Å². The van der Waals surface area contributed by atoms with Gasteiger partial charge in [0, 0.05) is 6.42 Å². The molecule has 2 aliphatic rings. The average Bonchev–Trinajstić information content (AvgIpc) is 2.67. The second-order valence-electron chi connectivity index (χ2n) is 7.78. The van der Waals surface area contributed by atoms with Gasteiger partial charge in [-0.05, 0) is 49.5 Å². The first-order chi connectivity index (χ1) is 11.8. The summed E-state index contributed by atoms with van der Waals surface area (Å²) in [5.41, 5.74) is 0.614. The minimum Gasteiger partial charge on any atom is -0.377 e. The summed E-state index contributed by atoms with van der Waals surface area (Å²) in [5, 5.41) is 11.6. The molecule has 2 fully saturated rings. The van der Waals surface area contributed by atoms with Crippen LogP contribution in [0.15, 0.2) is 30.3 Å². The predicted molar refractivity (Wildman–Crippen MR) is 101 cm³/mol. The van der Waals surface area contributed by atoms with Gasteiger partial charge in [0.25, 0.3) is 0 Å². The monoisotopic (exact) mass is 324 g/mol. The van der Waals surface area contributed by atoms with Crippen molar-refractivity contribution in [1.82, 2.24) is 0 Å². The van der Waals surface area contributed by atoms with Crippen molar-refractivity contribution in [2.75, 3.05) is 0 Å². The van der Waals surface area contributed by atoms with E-state index in [9.17, 15) is 5.11 Å². The third-order valence-electron chi connectivity index (χ3n) is 6.13. The van der Waals surface area contributed by atoms with Gasteiger partial charge in [0.15, 0.2) is 0 Å². The molecule has 130 valence electrons. The van der Waals surface area contributed by atoms with E-state index in [-0.39, 0.29) is 0 Å². The summed E-state index contributed by atoms with van der Waals surface area (Å²) < 4.78 is 0. The number of aryl methyl sites for hydroxylation is 1. The predicted octanol–water partition coefficient (Wildman–Crippen LogP) is 5.51. The molecule has 0 aliphatic heterocycles. The van der Waals surface area contributed by atoms with E-state index >= 15 is 0 Å². The number of aliphatic hydroxyl groups is 1. The van der Waals surface area contributed by atoms with E-state index in [2.05, 4.69) is 42.2 Å². The van der Waals surface area contributed by atoms with Crippen molar-refractivity contribution >= 4 is 0 Å². The number of hydrogen-bond donors (Lipinski definition) is 1. The topological polar surface area (TPSA) is 20.2 Å². The van der Waals surface area contributed by atoms with Gasteiger partial charge < -0.3 is 5.11 Å². The van der Waals surface area contributed by atoms with E-state index in [0.29, 0.717) is 11.8 Å². The first kappa shape index (κ1) is 17.6. The molecule has 0 bridgehead atoms. The van der Waals surface area contributed by atoms with E-state index in [4.69, 9.17) is 0 Å². The smallest absolute Gasteiger partial charge is 0.131 e. The average molecular weight is 325 g/mol. The number of hydrogen-bond acceptors (Lipinski definition) is 1. The molecule has 0 aromatic heterocycles. The summed E-state index contributed by atoms with van der Waals surface area (Å²) in [6.45, 7) is 0. The van der Waals surface area contributed by atoms with Crippen LogP contribution in [0, 0.1) is 23.7 Å². The summed E-state index contributed by atoms with van der Waals surface area (Å²) in [6, 6.07) is 10.6. The lowest BCUT2D eigenvalue weighted by Gasteiger charge is -2.42. The Kier molecular flexibility index (Phi) is 6.38. The van der Waals surface area contributed by atoms with Gasteiger partial charge >= 0.3 is 0 Å². The van der Waals surface area contributed by atoms with E-state index in [1.807, 2.05) is 0 Å². The molecule has 0 heterocycles. The second-order valence-corrected chi connectivity index (χ2v) is 7.78. The number of benzene rings is 1. The van der Waals surface area contributed by atoms with Gasteiger partial charge in [-0.25, -0.2) is 0 Å². The lowest BCUT2D eigenvalue weighted by atomic mass is 9.66. The van der Waals surface area contributed by atoms with Gasteiger partial charge in [0.1, 0.15) is 5.60 Å². The van der Waals surface area contributed by atoms with Crippen molar-refractivity contribution in [3.05, 3.63) is 35.9 Å². The Bertz CT molecular complexity index is 520. The Morgan fingerprint density at radius 1 is 0.833 bits per heavy atom. The number of rotatable bonds is 4. The molecule has 1 aromatic carbocycles. The molecular formula is C23H32O. The van der Waals surface area contributed by atoms with Crippen LogP contribution in [-0.4, -0.2) is 10.7 Å². The van der Waals surface area contributed by atoms with Crippen LogP contribution < -0.4 is 0 Å². The SMILES string of the molecule is OC(C#CCCc1ccccc1)(C1CCCCC1)C1CCCCC1. The minimum atomic E-state index is -0.725. The highest BCUT2D eigenvalue weighted by atomic mass is 16.3. The minimum absolute atomic E-state index is 0.401. The van der Waals surface area contributed by atoms with Crippen LogP contribution in [0.5, 0.6) is 0 Å². The Morgan fingerprint density at radius 2 is 1.38 bits per heavy atom. The molecule has 0 spiro atoms. The molecule has 24 heavy (non-hydrogen) atoms. The van der Waals surface area contributed by atoms with Gasteiger partial charge in [-0.3, -0.25) is 0 Å². The Labute approximate surface area is 147 Å². The zero-order valence-corrected chi connectivity index (χ0v) is 15.0. The molecular weight excluding hydrogens is 292 g/mol. The normalized spacial score (nSPS) is 20.4. The third kappa shape index (κ3) is 4.42. The summed E-state index contributed by atoms with van der Waals surface area (Å²) in [5.74, 6) is 7.58. The van der Waals surface area contributed by atoms with E-state index in [1.54, 1.807) is 0 Å². The molecule has 2 aliphatic carbocycles. The highest BCUT2D eigenvalue weighted by molar-refractivity contribution is 5.21. The maximum absolute atomic E-state index is 11.6. The molecule has 0 unspecified atom stereocenters. The first-order valence-corrected chi connectivity index (χ1v) is 10.1. The maximum Gasteiger partial charge on any atom is 0.131 e. The fraction of sp³-hybridized carbons (Fsp3) is 0.652. The molecule has 0 radical (unpaired) electrons. The zero-order valence-electron chi connectivity index (χ0n) is 15.0. The standard InChI is InChI=1S/C23H32O/c24-23(21-15-6-2-7-16-21,22-17-8-3-9-18-22)19-11-10-14-20-12-4-1-5-13-20/h1,4-5,12-13,21-22,24H,2-3,6-10,14-18H2. The molecule has 2 saturated carbocycles. The van der Waals surface area contributed by atoms with Crippen LogP contribution in [0.4, 0.5) is 0 Å². The summed E-state index contributed by atoms with van der Waals surface area (Å²) in [4.78, 5) is 0. The molecule has 3 rings (SSSR count). The highest BCUT2D eigenvalue weighted by Gasteiger charge is 2.42. The third-order valence-corrected chi connectivity index (χ3v) is 6.13. The molecule has 1 heteroatoms. The van der Waals surface area contributed by atoms with Crippen molar-refractivity contribution in [2.45, 2.75) is 82.7 Å². The molecule has 0 saturated heterocycles. The van der Waals surface area contributed by atoms with Gasteiger partial charge in [-0.1, -0.05) is 80.7 Å². The summed E-state index contributed by atoms with van der Waals surface area (Å²) in [6.07, 6.45) is 14.2. The Morgan fingerprint density at radius 3 is 1.92 bits per heavy atom. The summed E-state index contributed by atoms with van der Waals surface area (Å²) in [7, 11) is 0. The fourth-order valence-electron chi connectivity index (χ4n) is 4.68. The van der Waals surface area contributed by atoms with Gasteiger partial charge in [-0.15, -0.1) is 0 Å². The van der Waals surface area contributed by atoms with Crippen LogP contribution in [0.1, 0.15) is 76.2 Å². The van der Waals surface area contributed by atoms with Crippen molar-refractivity contribution in [2.24, 2.45) is 11.8 Å². The first-order valence-electron chi connectivity index (χ1n) is 10.1.